The minimum atomic E-state index is -0.309. The molecule has 3 aromatic rings. The molecule has 0 atom stereocenters. The number of carbonyl (C=O) groups excluding carboxylic acids is 1. The summed E-state index contributed by atoms with van der Waals surface area (Å²) in [4.78, 5) is 15.1. The number of carbonyl (C=O) groups is 1. The lowest BCUT2D eigenvalue weighted by Gasteiger charge is -2.18. The zero-order valence-electron chi connectivity index (χ0n) is 16.4. The van der Waals surface area contributed by atoms with Crippen LogP contribution < -0.4 is 5.32 Å². The molecule has 0 aliphatic rings. The van der Waals surface area contributed by atoms with Crippen molar-refractivity contribution in [1.82, 2.24) is 14.7 Å². The van der Waals surface area contributed by atoms with E-state index in [-0.39, 0.29) is 11.7 Å². The van der Waals surface area contributed by atoms with Crippen molar-refractivity contribution in [3.63, 3.8) is 0 Å². The topological polar surface area (TPSA) is 50.2 Å². The summed E-state index contributed by atoms with van der Waals surface area (Å²) in [5.41, 5.74) is 3.80. The van der Waals surface area contributed by atoms with Crippen LogP contribution in [-0.2, 0) is 6.54 Å². The molecule has 5 nitrogen and oxygen atoms in total. The molecule has 0 fully saturated rings. The Kier molecular flexibility index (Phi) is 6.21. The second-order valence-electron chi connectivity index (χ2n) is 6.65. The maximum atomic E-state index is 13.1. The van der Waals surface area contributed by atoms with Crippen molar-refractivity contribution in [1.29, 1.82) is 0 Å². The van der Waals surface area contributed by atoms with Crippen molar-refractivity contribution in [3.8, 4) is 5.69 Å². The van der Waals surface area contributed by atoms with Gasteiger partial charge < -0.3 is 5.32 Å². The Balaban J connectivity index is 1.76. The van der Waals surface area contributed by atoms with Crippen LogP contribution in [0.3, 0.4) is 0 Å². The summed E-state index contributed by atoms with van der Waals surface area (Å²) < 4.78 is 14.8. The van der Waals surface area contributed by atoms with E-state index in [4.69, 9.17) is 0 Å². The van der Waals surface area contributed by atoms with Gasteiger partial charge in [-0.3, -0.25) is 9.69 Å². The number of anilines is 1. The molecule has 2 aromatic carbocycles. The number of nitrogens with one attached hydrogen (secondary N) is 1. The molecule has 1 amide bonds. The minimum absolute atomic E-state index is 0.217. The average Bonchev–Trinajstić information content (AvgIpc) is 3.08. The lowest BCUT2D eigenvalue weighted by Crippen LogP contribution is -2.22. The number of hydrogen-bond donors (Lipinski definition) is 1. The smallest absolute Gasteiger partial charge is 0.259 e. The van der Waals surface area contributed by atoms with Crippen LogP contribution in [-0.4, -0.2) is 33.7 Å². The lowest BCUT2D eigenvalue weighted by molar-refractivity contribution is 0.102. The zero-order valence-corrected chi connectivity index (χ0v) is 16.4. The van der Waals surface area contributed by atoms with Gasteiger partial charge in [0.2, 0.25) is 0 Å². The SMILES string of the molecule is CCN(CC)Cc1cccc(NC(=O)c2cnn(-c3ccc(F)cc3)c2C)c1. The first-order valence-corrected chi connectivity index (χ1v) is 9.45. The Labute approximate surface area is 164 Å². The molecule has 0 radical (unpaired) electrons. The van der Waals surface area contributed by atoms with E-state index >= 15 is 0 Å². The number of amides is 1. The van der Waals surface area contributed by atoms with Gasteiger partial charge in [-0.15, -0.1) is 0 Å². The Morgan fingerprint density at radius 2 is 1.86 bits per heavy atom. The summed E-state index contributed by atoms with van der Waals surface area (Å²) in [6, 6.07) is 13.9. The predicted octanol–water partition coefficient (Wildman–Crippen LogP) is 4.41. The Bertz CT molecular complexity index is 945. The lowest BCUT2D eigenvalue weighted by atomic mass is 10.1. The van der Waals surface area contributed by atoms with Gasteiger partial charge in [-0.05, 0) is 62.0 Å². The van der Waals surface area contributed by atoms with Crippen molar-refractivity contribution in [2.45, 2.75) is 27.3 Å². The largest absolute Gasteiger partial charge is 0.322 e. The van der Waals surface area contributed by atoms with E-state index in [1.54, 1.807) is 16.8 Å². The van der Waals surface area contributed by atoms with Crippen molar-refractivity contribution in [2.24, 2.45) is 0 Å². The van der Waals surface area contributed by atoms with Gasteiger partial charge in [-0.1, -0.05) is 26.0 Å². The first-order valence-electron chi connectivity index (χ1n) is 9.45. The molecule has 0 saturated heterocycles. The second kappa shape index (κ2) is 8.80. The first-order chi connectivity index (χ1) is 13.5. The van der Waals surface area contributed by atoms with Gasteiger partial charge in [0.1, 0.15) is 5.82 Å². The van der Waals surface area contributed by atoms with Crippen molar-refractivity contribution >= 4 is 11.6 Å². The average molecular weight is 380 g/mol. The number of aromatic nitrogens is 2. The molecule has 0 spiro atoms. The fraction of sp³-hybridized carbons (Fsp3) is 0.273. The van der Waals surface area contributed by atoms with E-state index in [1.165, 1.54) is 18.3 Å². The third kappa shape index (κ3) is 4.46. The van der Waals surface area contributed by atoms with Gasteiger partial charge in [-0.25, -0.2) is 9.07 Å². The molecule has 0 unspecified atom stereocenters. The van der Waals surface area contributed by atoms with Gasteiger partial charge in [0.05, 0.1) is 23.1 Å². The monoisotopic (exact) mass is 380 g/mol. The Hall–Kier alpha value is -2.99. The van der Waals surface area contributed by atoms with E-state index in [2.05, 4.69) is 35.2 Å². The molecule has 1 N–H and O–H groups in total. The van der Waals surface area contributed by atoms with Crippen LogP contribution in [0.15, 0.2) is 54.7 Å². The molecule has 3 rings (SSSR count). The van der Waals surface area contributed by atoms with Crippen molar-refractivity contribution in [2.75, 3.05) is 18.4 Å². The standard InChI is InChI=1S/C22H25FN4O/c1-4-26(5-2)15-17-7-6-8-19(13-17)25-22(28)21-14-24-27(16(21)3)20-11-9-18(23)10-12-20/h6-14H,4-5,15H2,1-3H3,(H,25,28). The summed E-state index contributed by atoms with van der Waals surface area (Å²) in [6.07, 6.45) is 1.54. The number of nitrogens with zero attached hydrogens (tertiary/aromatic N) is 3. The van der Waals surface area contributed by atoms with Gasteiger partial charge in [-0.2, -0.15) is 5.10 Å². The number of benzene rings is 2. The number of rotatable bonds is 7. The molecule has 6 heteroatoms. The third-order valence-corrected chi connectivity index (χ3v) is 4.81. The summed E-state index contributed by atoms with van der Waals surface area (Å²) >= 11 is 0. The molecular formula is C22H25FN4O. The van der Waals surface area contributed by atoms with E-state index < -0.39 is 0 Å². The highest BCUT2D eigenvalue weighted by molar-refractivity contribution is 6.05. The van der Waals surface area contributed by atoms with E-state index in [9.17, 15) is 9.18 Å². The number of hydrogen-bond acceptors (Lipinski definition) is 3. The molecule has 0 aliphatic carbocycles. The fourth-order valence-corrected chi connectivity index (χ4v) is 3.13. The molecule has 28 heavy (non-hydrogen) atoms. The highest BCUT2D eigenvalue weighted by Crippen LogP contribution is 2.18. The van der Waals surface area contributed by atoms with Crippen LogP contribution in [0.25, 0.3) is 5.69 Å². The molecule has 146 valence electrons. The van der Waals surface area contributed by atoms with Crippen molar-refractivity contribution < 1.29 is 9.18 Å². The van der Waals surface area contributed by atoms with Gasteiger partial charge in [0.25, 0.3) is 5.91 Å². The van der Waals surface area contributed by atoms with Gasteiger partial charge in [0.15, 0.2) is 0 Å². The normalized spacial score (nSPS) is 11.0. The van der Waals surface area contributed by atoms with Gasteiger partial charge in [0, 0.05) is 12.2 Å². The maximum Gasteiger partial charge on any atom is 0.259 e. The van der Waals surface area contributed by atoms with E-state index in [1.807, 2.05) is 25.1 Å². The molecule has 1 aromatic heterocycles. The van der Waals surface area contributed by atoms with Crippen LogP contribution in [0, 0.1) is 12.7 Å². The molecular weight excluding hydrogens is 355 g/mol. The predicted molar refractivity (Wildman–Crippen MR) is 109 cm³/mol. The minimum Gasteiger partial charge on any atom is -0.322 e. The summed E-state index contributed by atoms with van der Waals surface area (Å²) in [7, 11) is 0. The molecule has 1 heterocycles. The molecule has 0 saturated carbocycles. The molecule has 0 bridgehead atoms. The zero-order chi connectivity index (χ0) is 20.1. The second-order valence-corrected chi connectivity index (χ2v) is 6.65. The van der Waals surface area contributed by atoms with Crippen LogP contribution >= 0.6 is 0 Å². The van der Waals surface area contributed by atoms with Crippen LogP contribution in [0.4, 0.5) is 10.1 Å². The Morgan fingerprint density at radius 3 is 2.54 bits per heavy atom. The highest BCUT2D eigenvalue weighted by atomic mass is 19.1. The van der Waals surface area contributed by atoms with E-state index in [0.29, 0.717) is 16.9 Å². The Morgan fingerprint density at radius 1 is 1.14 bits per heavy atom. The van der Waals surface area contributed by atoms with Crippen LogP contribution in [0.5, 0.6) is 0 Å². The van der Waals surface area contributed by atoms with Gasteiger partial charge >= 0.3 is 0 Å². The third-order valence-electron chi connectivity index (χ3n) is 4.81. The fourth-order valence-electron chi connectivity index (χ4n) is 3.13. The highest BCUT2D eigenvalue weighted by Gasteiger charge is 2.15. The summed E-state index contributed by atoms with van der Waals surface area (Å²) in [6.45, 7) is 8.90. The summed E-state index contributed by atoms with van der Waals surface area (Å²) in [5.74, 6) is -0.526. The summed E-state index contributed by atoms with van der Waals surface area (Å²) in [5, 5.41) is 7.24. The van der Waals surface area contributed by atoms with E-state index in [0.717, 1.165) is 30.9 Å². The van der Waals surface area contributed by atoms with Crippen LogP contribution in [0.2, 0.25) is 0 Å². The van der Waals surface area contributed by atoms with Crippen molar-refractivity contribution in [3.05, 3.63) is 77.4 Å². The quantitative estimate of drug-likeness (QED) is 0.660. The van der Waals surface area contributed by atoms with Crippen LogP contribution in [0.1, 0.15) is 35.5 Å². The maximum absolute atomic E-state index is 13.1. The molecule has 0 aliphatic heterocycles. The first kappa shape index (κ1) is 19.8. The number of halogens is 1.